The van der Waals surface area contributed by atoms with Crippen molar-refractivity contribution in [2.45, 2.75) is 0 Å². The Morgan fingerprint density at radius 2 is 0.750 bits per heavy atom. The van der Waals surface area contributed by atoms with E-state index in [9.17, 15) is 0 Å². The molecule has 0 aliphatic heterocycles. The second-order valence-corrected chi connectivity index (χ2v) is 0.893. The average Bonchev–Trinajstić information content (AvgIpc) is 1.63. The predicted octanol–water partition coefficient (Wildman–Crippen LogP) is -0.622. The Morgan fingerprint density at radius 3 is 0.750 bits per heavy atom. The van der Waals surface area contributed by atoms with Crippen LogP contribution in [0.4, 0.5) is 4.79 Å². The van der Waals surface area contributed by atoms with Crippen molar-refractivity contribution < 1.29 is 106 Å². The molecule has 9 heteroatoms. The minimum atomic E-state index is -1.83. The molecular weight excluding hydrogens is 426 g/mol. The van der Waals surface area contributed by atoms with E-state index < -0.39 is 18.1 Å². The van der Waals surface area contributed by atoms with E-state index in [1.165, 1.54) is 0 Å². The van der Waals surface area contributed by atoms with Gasteiger partial charge in [0.05, 0.1) is 0 Å². The maximum Gasteiger partial charge on any atom is 0.503 e. The molecule has 0 spiro atoms. The molecule has 0 aliphatic rings. The van der Waals surface area contributed by atoms with Crippen molar-refractivity contribution in [3.63, 3.8) is 0 Å². The third-order valence-corrected chi connectivity index (χ3v) is 0.183. The van der Waals surface area contributed by atoms with Gasteiger partial charge in [0.25, 0.3) is 0 Å². The minimum Gasteiger partial charge on any atom is -0.473 e. The van der Waals surface area contributed by atoms with Crippen LogP contribution in [0.25, 0.3) is 0 Å². The van der Waals surface area contributed by atoms with Crippen molar-refractivity contribution in [2.75, 3.05) is 0 Å². The second kappa shape index (κ2) is 14.1. The molecule has 2 radical (unpaired) electrons. The Bertz CT molecular complexity index is 139. The normalized spacial score (nSPS) is 5.67. The number of carboxylic acid groups (broad SMARTS) is 4. The molecule has 0 aromatic heterocycles. The zero-order chi connectivity index (χ0) is 8.73. The van der Waals surface area contributed by atoms with E-state index in [0.29, 0.717) is 0 Å². The minimum absolute atomic E-state index is 0. The summed E-state index contributed by atoms with van der Waals surface area (Å²) in [5, 5.41) is 28.7. The summed E-state index contributed by atoms with van der Waals surface area (Å²) in [6.07, 6.45) is -1.83. The molecule has 0 atom stereocenters. The average molecular weight is 430 g/mol. The van der Waals surface area contributed by atoms with E-state index in [4.69, 9.17) is 34.8 Å². The summed E-state index contributed by atoms with van der Waals surface area (Å²) >= 11 is 0. The molecule has 64 valence electrons. The summed E-state index contributed by atoms with van der Waals surface area (Å²) in [6.45, 7) is 0. The standard InChI is InChI=1S/C2H2O4.CH2O3.2La/c3-1(4)2(5)6;2-1(3)4;;/h(H,3,4)(H,5,6);(H2,2,3,4);;. The van der Waals surface area contributed by atoms with E-state index in [0.717, 1.165) is 0 Å². The zero-order valence-corrected chi connectivity index (χ0v) is 12.9. The van der Waals surface area contributed by atoms with E-state index in [2.05, 4.69) is 0 Å². The van der Waals surface area contributed by atoms with Crippen molar-refractivity contribution in [3.8, 4) is 0 Å². The van der Waals surface area contributed by atoms with E-state index in [1.807, 2.05) is 0 Å². The summed E-state index contributed by atoms with van der Waals surface area (Å²) in [7, 11) is 0. The van der Waals surface area contributed by atoms with Gasteiger partial charge in [-0.3, -0.25) is 0 Å². The number of carboxylic acids is 2. The molecule has 7 nitrogen and oxygen atoms in total. The molecule has 0 heterocycles. The summed E-state index contributed by atoms with van der Waals surface area (Å²) in [6, 6.07) is 0. The maximum absolute atomic E-state index is 9.10. The molecule has 0 fully saturated rings. The monoisotopic (exact) mass is 430 g/mol. The molecule has 12 heavy (non-hydrogen) atoms. The Kier molecular flexibility index (Phi) is 27.0. The van der Waals surface area contributed by atoms with Gasteiger partial charge in [-0.05, 0) is 0 Å². The Hall–Kier alpha value is 0.600. The number of hydrogen-bond donors (Lipinski definition) is 4. The van der Waals surface area contributed by atoms with Crippen LogP contribution in [0.15, 0.2) is 0 Å². The third kappa shape index (κ3) is 46.2. The second-order valence-electron chi connectivity index (χ2n) is 0.893. The first-order valence-electron chi connectivity index (χ1n) is 1.76. The topological polar surface area (TPSA) is 132 Å². The molecule has 0 aromatic rings. The van der Waals surface area contributed by atoms with Gasteiger partial charge in [0.2, 0.25) is 0 Å². The Morgan fingerprint density at radius 1 is 0.667 bits per heavy atom. The number of rotatable bonds is 0. The molecule has 0 unspecified atom stereocenters. The molecular formula is C3H4La2O7. The fourth-order valence-electron chi connectivity index (χ4n) is 0. The first-order valence-corrected chi connectivity index (χ1v) is 1.76. The van der Waals surface area contributed by atoms with Crippen LogP contribution in [0.3, 0.4) is 0 Å². The summed E-state index contributed by atoms with van der Waals surface area (Å²) in [4.78, 5) is 26.8. The van der Waals surface area contributed by atoms with Gasteiger partial charge in [-0.25, -0.2) is 14.4 Å². The maximum atomic E-state index is 9.10. The van der Waals surface area contributed by atoms with E-state index in [1.54, 1.807) is 0 Å². The largest absolute Gasteiger partial charge is 0.503 e. The number of hydrogen-bond acceptors (Lipinski definition) is 3. The fraction of sp³-hybridized carbons (Fsp3) is 0. The number of carbonyl (C=O) groups is 3. The predicted molar refractivity (Wildman–Crippen MR) is 25.9 cm³/mol. The fourth-order valence-corrected chi connectivity index (χ4v) is 0. The van der Waals surface area contributed by atoms with E-state index in [-0.39, 0.29) is 71.2 Å². The van der Waals surface area contributed by atoms with Crippen LogP contribution < -0.4 is 0 Å². The van der Waals surface area contributed by atoms with Crippen LogP contribution in [-0.2, 0) is 9.59 Å². The summed E-state index contributed by atoms with van der Waals surface area (Å²) in [5.74, 6) is -3.65. The van der Waals surface area contributed by atoms with Crippen LogP contribution in [0.1, 0.15) is 0 Å². The van der Waals surface area contributed by atoms with Crippen LogP contribution in [0.5, 0.6) is 0 Å². The van der Waals surface area contributed by atoms with Gasteiger partial charge >= 0.3 is 18.1 Å². The van der Waals surface area contributed by atoms with Crippen LogP contribution >= 0.6 is 0 Å². The van der Waals surface area contributed by atoms with Crippen molar-refractivity contribution in [2.24, 2.45) is 0 Å². The van der Waals surface area contributed by atoms with Crippen molar-refractivity contribution in [3.05, 3.63) is 0 Å². The molecule has 0 saturated carbocycles. The Labute approximate surface area is 122 Å². The molecule has 4 N–H and O–H groups in total. The Balaban J connectivity index is -0.0000000483. The molecule has 0 rings (SSSR count). The van der Waals surface area contributed by atoms with Crippen LogP contribution in [0, 0.1) is 71.2 Å². The van der Waals surface area contributed by atoms with Crippen LogP contribution in [-0.4, -0.2) is 38.5 Å². The van der Waals surface area contributed by atoms with Gasteiger partial charge in [-0.1, -0.05) is 0 Å². The molecule has 0 bridgehead atoms. The molecule has 0 amide bonds. The summed E-state index contributed by atoms with van der Waals surface area (Å²) < 4.78 is 0. The van der Waals surface area contributed by atoms with E-state index >= 15 is 0 Å². The van der Waals surface area contributed by atoms with Gasteiger partial charge in [0, 0.05) is 71.2 Å². The molecule has 0 aromatic carbocycles. The third-order valence-electron chi connectivity index (χ3n) is 0.183. The first kappa shape index (κ1) is 22.9. The van der Waals surface area contributed by atoms with Crippen molar-refractivity contribution in [1.29, 1.82) is 0 Å². The van der Waals surface area contributed by atoms with Gasteiger partial charge in [-0.2, -0.15) is 0 Å². The first-order chi connectivity index (χ1) is 4.37. The summed E-state index contributed by atoms with van der Waals surface area (Å²) in [5.41, 5.74) is 0. The van der Waals surface area contributed by atoms with Crippen LogP contribution in [0.2, 0.25) is 0 Å². The molecule has 0 saturated heterocycles. The SMILES string of the molecule is O=C(O)C(=O)O.O=C(O)O.[La].[La]. The number of aliphatic carboxylic acids is 2. The van der Waals surface area contributed by atoms with Gasteiger partial charge < -0.3 is 20.4 Å². The van der Waals surface area contributed by atoms with Gasteiger partial charge in [0.15, 0.2) is 0 Å². The van der Waals surface area contributed by atoms with Crippen molar-refractivity contribution >= 4 is 18.1 Å². The zero-order valence-electron chi connectivity index (χ0n) is 5.67. The van der Waals surface area contributed by atoms with Gasteiger partial charge in [-0.15, -0.1) is 0 Å². The van der Waals surface area contributed by atoms with Gasteiger partial charge in [0.1, 0.15) is 0 Å². The van der Waals surface area contributed by atoms with Crippen molar-refractivity contribution in [1.82, 2.24) is 0 Å². The quantitative estimate of drug-likeness (QED) is 0.377. The smallest absolute Gasteiger partial charge is 0.473 e. The molecule has 0 aliphatic carbocycles.